The van der Waals surface area contributed by atoms with Crippen molar-refractivity contribution in [2.24, 2.45) is 0 Å². The summed E-state index contributed by atoms with van der Waals surface area (Å²) in [6, 6.07) is 0.237. The Labute approximate surface area is 144 Å². The fourth-order valence-electron chi connectivity index (χ4n) is 2.18. The van der Waals surface area contributed by atoms with Gasteiger partial charge in [-0.15, -0.1) is 37.2 Å². The normalized spacial score (nSPS) is 16.8. The molecule has 0 aliphatic carbocycles. The van der Waals surface area contributed by atoms with Crippen LogP contribution in [0.4, 0.5) is 0 Å². The highest BCUT2D eigenvalue weighted by molar-refractivity contribution is 5.94. The first-order chi connectivity index (χ1) is 8.59. The summed E-state index contributed by atoms with van der Waals surface area (Å²) < 4.78 is 0. The van der Waals surface area contributed by atoms with Crippen LogP contribution in [-0.2, 0) is 0 Å². The second-order valence-corrected chi connectivity index (χ2v) is 4.93. The number of nitrogens with one attached hydrogen (secondary N) is 1. The highest BCUT2D eigenvalue weighted by atomic mass is 35.5. The van der Waals surface area contributed by atoms with Gasteiger partial charge in [0.25, 0.3) is 5.91 Å². The molecule has 0 bridgehead atoms. The van der Waals surface area contributed by atoms with E-state index in [0.29, 0.717) is 5.56 Å². The summed E-state index contributed by atoms with van der Waals surface area (Å²) in [4.78, 5) is 22.3. The zero-order valence-electron chi connectivity index (χ0n) is 12.5. The van der Waals surface area contributed by atoms with Gasteiger partial charge < -0.3 is 10.2 Å². The smallest absolute Gasteiger partial charge is 0.256 e. The van der Waals surface area contributed by atoms with Crippen LogP contribution in [0.25, 0.3) is 0 Å². The largest absolute Gasteiger partial charge is 0.345 e. The Hall–Kier alpha value is -0.620. The van der Waals surface area contributed by atoms with Gasteiger partial charge in [0.1, 0.15) is 5.82 Å². The third-order valence-electron chi connectivity index (χ3n) is 3.26. The number of aryl methyl sites for hydroxylation is 1. The van der Waals surface area contributed by atoms with Crippen LogP contribution in [0.15, 0.2) is 6.20 Å². The number of carbonyl (C=O) groups is 1. The summed E-state index contributed by atoms with van der Waals surface area (Å²) in [5.41, 5.74) is 1.34. The predicted octanol–water partition coefficient (Wildman–Crippen LogP) is 2.57. The number of hydrogen-bond donors (Lipinski definition) is 1. The first-order valence-corrected chi connectivity index (χ1v) is 6.38. The molecule has 0 aromatic carbocycles. The maximum Gasteiger partial charge on any atom is 0.256 e. The molecule has 0 radical (unpaired) electrons. The lowest BCUT2D eigenvalue weighted by Gasteiger charge is -2.22. The fourth-order valence-corrected chi connectivity index (χ4v) is 2.18. The van der Waals surface area contributed by atoms with Crippen LogP contribution in [0, 0.1) is 6.92 Å². The maximum atomic E-state index is 11.9. The molecule has 1 unspecified atom stereocenters. The number of amides is 1. The molecule has 2 rings (SSSR count). The lowest BCUT2D eigenvalue weighted by atomic mass is 10.0. The van der Waals surface area contributed by atoms with E-state index >= 15 is 0 Å². The molecule has 1 N–H and O–H groups in total. The molecule has 1 amide bonds. The maximum absolute atomic E-state index is 11.9. The molecule has 1 aromatic rings. The number of nitrogens with zero attached hydrogens (tertiary/aromatic N) is 3. The van der Waals surface area contributed by atoms with Gasteiger partial charge in [-0.1, -0.05) is 6.42 Å². The Kier molecular flexibility index (Phi) is 11.0. The molecule has 0 saturated carbocycles. The number of aromatic nitrogens is 2. The summed E-state index contributed by atoms with van der Waals surface area (Å²) in [5, 5.41) is 3.41. The molecular weight excluding hydrogens is 335 g/mol. The van der Waals surface area contributed by atoms with E-state index in [9.17, 15) is 4.79 Å². The van der Waals surface area contributed by atoms with Crippen LogP contribution >= 0.6 is 37.2 Å². The van der Waals surface area contributed by atoms with Crippen molar-refractivity contribution in [2.75, 3.05) is 20.6 Å². The van der Waals surface area contributed by atoms with Crippen molar-refractivity contribution < 1.29 is 4.79 Å². The Morgan fingerprint density at radius 1 is 1.29 bits per heavy atom. The highest BCUT2D eigenvalue weighted by Crippen LogP contribution is 2.20. The molecular formula is C13H23Cl3N4O. The Morgan fingerprint density at radius 2 is 1.95 bits per heavy atom. The van der Waals surface area contributed by atoms with Crippen molar-refractivity contribution >= 4 is 43.1 Å². The fraction of sp³-hybridized carbons (Fsp3) is 0.615. The SMILES string of the molecule is Cc1nc(C2CCCCN2)ncc1C(=O)N(C)C.Cl.Cl.Cl. The minimum atomic E-state index is -0.0457. The lowest BCUT2D eigenvalue weighted by Crippen LogP contribution is -2.29. The average Bonchev–Trinajstić information content (AvgIpc) is 2.38. The monoisotopic (exact) mass is 356 g/mol. The Morgan fingerprint density at radius 3 is 2.43 bits per heavy atom. The molecule has 1 aliphatic heterocycles. The summed E-state index contributed by atoms with van der Waals surface area (Å²) in [6.07, 6.45) is 5.14. The number of hydrogen-bond acceptors (Lipinski definition) is 4. The van der Waals surface area contributed by atoms with Gasteiger partial charge in [-0.05, 0) is 26.3 Å². The molecule has 122 valence electrons. The van der Waals surface area contributed by atoms with Gasteiger partial charge in [0, 0.05) is 20.3 Å². The third kappa shape index (κ3) is 5.58. The quantitative estimate of drug-likeness (QED) is 0.884. The van der Waals surface area contributed by atoms with Crippen LogP contribution in [0.1, 0.15) is 47.2 Å². The second kappa shape index (κ2) is 10.2. The van der Waals surface area contributed by atoms with E-state index in [4.69, 9.17) is 0 Å². The minimum Gasteiger partial charge on any atom is -0.345 e. The zero-order valence-corrected chi connectivity index (χ0v) is 14.9. The summed E-state index contributed by atoms with van der Waals surface area (Å²) >= 11 is 0. The van der Waals surface area contributed by atoms with E-state index < -0.39 is 0 Å². The van der Waals surface area contributed by atoms with Crippen molar-refractivity contribution in [2.45, 2.75) is 32.2 Å². The van der Waals surface area contributed by atoms with Gasteiger partial charge in [-0.3, -0.25) is 4.79 Å². The third-order valence-corrected chi connectivity index (χ3v) is 3.26. The molecule has 8 heteroatoms. The lowest BCUT2D eigenvalue weighted by molar-refractivity contribution is 0.0826. The standard InChI is InChI=1S/C13H20N4O.3ClH/c1-9-10(13(18)17(2)3)8-15-12(16-9)11-6-4-5-7-14-11;;;/h8,11,14H,4-7H2,1-3H3;3*1H. The zero-order chi connectivity index (χ0) is 13.1. The summed E-state index contributed by atoms with van der Waals surface area (Å²) in [7, 11) is 3.47. The first-order valence-electron chi connectivity index (χ1n) is 6.38. The van der Waals surface area contributed by atoms with Crippen molar-refractivity contribution in [3.8, 4) is 0 Å². The number of carbonyl (C=O) groups excluding carboxylic acids is 1. The van der Waals surface area contributed by atoms with Crippen LogP contribution < -0.4 is 5.32 Å². The summed E-state index contributed by atoms with van der Waals surface area (Å²) in [5.74, 6) is 0.762. The van der Waals surface area contributed by atoms with Gasteiger partial charge >= 0.3 is 0 Å². The van der Waals surface area contributed by atoms with Crippen molar-refractivity contribution in [3.63, 3.8) is 0 Å². The van der Waals surface area contributed by atoms with Gasteiger partial charge in [0.05, 0.1) is 17.3 Å². The molecule has 2 heterocycles. The van der Waals surface area contributed by atoms with E-state index in [2.05, 4.69) is 15.3 Å². The molecule has 0 spiro atoms. The number of rotatable bonds is 2. The van der Waals surface area contributed by atoms with E-state index in [1.165, 1.54) is 12.8 Å². The van der Waals surface area contributed by atoms with E-state index in [0.717, 1.165) is 24.5 Å². The van der Waals surface area contributed by atoms with Crippen LogP contribution in [0.2, 0.25) is 0 Å². The number of halogens is 3. The molecule has 1 fully saturated rings. The second-order valence-electron chi connectivity index (χ2n) is 4.93. The molecule has 1 aliphatic rings. The predicted molar refractivity (Wildman–Crippen MR) is 91.1 cm³/mol. The number of piperidine rings is 1. The van der Waals surface area contributed by atoms with Gasteiger partial charge in [0.15, 0.2) is 0 Å². The van der Waals surface area contributed by atoms with E-state index in [1.54, 1.807) is 25.2 Å². The Bertz CT molecular complexity index is 451. The topological polar surface area (TPSA) is 58.1 Å². The minimum absolute atomic E-state index is 0. The van der Waals surface area contributed by atoms with Crippen LogP contribution in [-0.4, -0.2) is 41.4 Å². The molecule has 21 heavy (non-hydrogen) atoms. The molecule has 1 saturated heterocycles. The van der Waals surface area contributed by atoms with E-state index in [-0.39, 0.29) is 49.2 Å². The van der Waals surface area contributed by atoms with Crippen LogP contribution in [0.5, 0.6) is 0 Å². The average molecular weight is 358 g/mol. The van der Waals surface area contributed by atoms with E-state index in [1.807, 2.05) is 6.92 Å². The summed E-state index contributed by atoms with van der Waals surface area (Å²) in [6.45, 7) is 2.89. The van der Waals surface area contributed by atoms with Crippen molar-refractivity contribution in [1.82, 2.24) is 20.2 Å². The van der Waals surface area contributed by atoms with Crippen molar-refractivity contribution in [3.05, 3.63) is 23.3 Å². The van der Waals surface area contributed by atoms with Gasteiger partial charge in [0.2, 0.25) is 0 Å². The van der Waals surface area contributed by atoms with Gasteiger partial charge in [-0.2, -0.15) is 0 Å². The van der Waals surface area contributed by atoms with Crippen molar-refractivity contribution in [1.29, 1.82) is 0 Å². The van der Waals surface area contributed by atoms with Gasteiger partial charge in [-0.25, -0.2) is 9.97 Å². The molecule has 1 aromatic heterocycles. The molecule has 5 nitrogen and oxygen atoms in total. The van der Waals surface area contributed by atoms with Crippen LogP contribution in [0.3, 0.4) is 0 Å². The highest BCUT2D eigenvalue weighted by Gasteiger charge is 2.20. The first kappa shape index (κ1) is 22.7. The Balaban J connectivity index is 0. The molecule has 1 atom stereocenters.